The largest absolute Gasteiger partial charge is 0.381 e. The van der Waals surface area contributed by atoms with Gasteiger partial charge in [-0.2, -0.15) is 0 Å². The lowest BCUT2D eigenvalue weighted by Gasteiger charge is -2.25. The van der Waals surface area contributed by atoms with Gasteiger partial charge in [0, 0.05) is 36.1 Å². The average Bonchev–Trinajstić information content (AvgIpc) is 3.19. The lowest BCUT2D eigenvalue weighted by Crippen LogP contribution is -2.24. The molecule has 1 aromatic carbocycles. The van der Waals surface area contributed by atoms with E-state index in [1.807, 2.05) is 11.3 Å². The van der Waals surface area contributed by atoms with E-state index in [9.17, 15) is 0 Å². The first-order valence-corrected chi connectivity index (χ1v) is 9.97. The van der Waals surface area contributed by atoms with E-state index in [0.717, 1.165) is 38.3 Å². The molecule has 3 aromatic rings. The van der Waals surface area contributed by atoms with Gasteiger partial charge < -0.3 is 9.30 Å². The molecule has 1 fully saturated rings. The van der Waals surface area contributed by atoms with E-state index in [0.29, 0.717) is 5.92 Å². The number of nitrogens with zero attached hydrogens (tertiary/aromatic N) is 2. The summed E-state index contributed by atoms with van der Waals surface area (Å²) in [5.41, 5.74) is 1.15. The summed E-state index contributed by atoms with van der Waals surface area (Å²) in [6.45, 7) is 9.61. The minimum absolute atomic E-state index is 0.0418. The van der Waals surface area contributed by atoms with Crippen LogP contribution in [-0.4, -0.2) is 22.8 Å². The normalized spacial score (nSPS) is 16.6. The Morgan fingerprint density at radius 2 is 1.96 bits per heavy atom. The molecule has 25 heavy (non-hydrogen) atoms. The maximum atomic E-state index is 5.52. The van der Waals surface area contributed by atoms with Gasteiger partial charge >= 0.3 is 0 Å². The van der Waals surface area contributed by atoms with E-state index in [2.05, 4.69) is 61.9 Å². The number of benzene rings is 1. The van der Waals surface area contributed by atoms with E-state index in [1.165, 1.54) is 20.8 Å². The third-order valence-electron chi connectivity index (χ3n) is 4.92. The molecule has 2 aromatic heterocycles. The van der Waals surface area contributed by atoms with Crippen LogP contribution in [0.2, 0.25) is 0 Å². The highest BCUT2D eigenvalue weighted by atomic mass is 32.1. The van der Waals surface area contributed by atoms with Gasteiger partial charge in [0.2, 0.25) is 0 Å². The second-order valence-electron chi connectivity index (χ2n) is 8.06. The van der Waals surface area contributed by atoms with Crippen molar-refractivity contribution >= 4 is 21.4 Å². The first kappa shape index (κ1) is 16.8. The average molecular weight is 355 g/mol. The molecule has 0 atom stereocenters. The number of rotatable bonds is 3. The quantitative estimate of drug-likeness (QED) is 0.622. The first-order valence-electron chi connectivity index (χ1n) is 9.15. The molecule has 0 aliphatic carbocycles. The van der Waals surface area contributed by atoms with Crippen molar-refractivity contribution in [2.24, 2.45) is 5.92 Å². The molecule has 4 rings (SSSR count). The van der Waals surface area contributed by atoms with Gasteiger partial charge in [-0.3, -0.25) is 0 Å². The molecule has 0 unspecified atom stereocenters. The molecule has 0 bridgehead atoms. The number of hydrogen-bond acceptors (Lipinski definition) is 3. The van der Waals surface area contributed by atoms with Crippen LogP contribution in [0.3, 0.4) is 0 Å². The number of hydrogen-bond donors (Lipinski definition) is 0. The molecule has 3 nitrogen and oxygen atoms in total. The third kappa shape index (κ3) is 3.51. The van der Waals surface area contributed by atoms with E-state index in [4.69, 9.17) is 9.72 Å². The molecule has 0 amide bonds. The molecule has 0 saturated carbocycles. The van der Waals surface area contributed by atoms with Gasteiger partial charge in [0.1, 0.15) is 5.82 Å². The number of imidazole rings is 1. The molecule has 3 heterocycles. The smallest absolute Gasteiger partial charge is 0.114 e. The fourth-order valence-electron chi connectivity index (χ4n) is 3.59. The SMILES string of the molecule is CC(C)(C)c1nc(-c2cc3ccccc3s2)cn1CC1CCOCC1. The van der Waals surface area contributed by atoms with Gasteiger partial charge in [0.15, 0.2) is 0 Å². The van der Waals surface area contributed by atoms with Crippen LogP contribution < -0.4 is 0 Å². The van der Waals surface area contributed by atoms with Crippen molar-refractivity contribution in [1.29, 1.82) is 0 Å². The maximum Gasteiger partial charge on any atom is 0.114 e. The molecule has 0 N–H and O–H groups in total. The van der Waals surface area contributed by atoms with Crippen molar-refractivity contribution < 1.29 is 4.74 Å². The van der Waals surface area contributed by atoms with Crippen LogP contribution in [0.4, 0.5) is 0 Å². The number of ether oxygens (including phenoxy) is 1. The Kier molecular flexibility index (Phi) is 4.42. The van der Waals surface area contributed by atoms with Crippen molar-refractivity contribution in [3.63, 3.8) is 0 Å². The summed E-state index contributed by atoms with van der Waals surface area (Å²) in [7, 11) is 0. The van der Waals surface area contributed by atoms with Crippen LogP contribution in [0.1, 0.15) is 39.4 Å². The number of aromatic nitrogens is 2. The minimum atomic E-state index is 0.0418. The molecular formula is C21H26N2OS. The minimum Gasteiger partial charge on any atom is -0.381 e. The molecule has 1 aliphatic rings. The van der Waals surface area contributed by atoms with Crippen LogP contribution in [0, 0.1) is 5.92 Å². The van der Waals surface area contributed by atoms with Crippen molar-refractivity contribution in [2.75, 3.05) is 13.2 Å². The Balaban J connectivity index is 1.70. The number of fused-ring (bicyclic) bond motifs is 1. The van der Waals surface area contributed by atoms with E-state index >= 15 is 0 Å². The van der Waals surface area contributed by atoms with Gasteiger partial charge in [0.25, 0.3) is 0 Å². The maximum absolute atomic E-state index is 5.52. The number of thiophene rings is 1. The van der Waals surface area contributed by atoms with Crippen molar-refractivity contribution in [1.82, 2.24) is 9.55 Å². The molecule has 0 spiro atoms. The standard InChI is InChI=1S/C21H26N2OS/c1-21(2,3)20-22-17(14-23(20)13-15-8-10-24-11-9-15)19-12-16-6-4-5-7-18(16)25-19/h4-7,12,14-15H,8-11,13H2,1-3H3. The van der Waals surface area contributed by atoms with Gasteiger partial charge in [-0.1, -0.05) is 39.0 Å². The van der Waals surface area contributed by atoms with Crippen molar-refractivity contribution in [2.45, 2.75) is 45.6 Å². The van der Waals surface area contributed by atoms with E-state index in [1.54, 1.807) is 0 Å². The second kappa shape index (κ2) is 6.58. The zero-order chi connectivity index (χ0) is 17.4. The summed E-state index contributed by atoms with van der Waals surface area (Å²) in [4.78, 5) is 6.32. The first-order chi connectivity index (χ1) is 12.0. The molecule has 4 heteroatoms. The Morgan fingerprint density at radius 1 is 1.20 bits per heavy atom. The van der Waals surface area contributed by atoms with Crippen LogP contribution in [0.5, 0.6) is 0 Å². The van der Waals surface area contributed by atoms with Crippen molar-refractivity contribution in [3.8, 4) is 10.6 Å². The highest BCUT2D eigenvalue weighted by Gasteiger charge is 2.25. The summed E-state index contributed by atoms with van der Waals surface area (Å²) in [5.74, 6) is 1.88. The molecule has 132 valence electrons. The second-order valence-corrected chi connectivity index (χ2v) is 9.14. The lowest BCUT2D eigenvalue weighted by molar-refractivity contribution is 0.0608. The van der Waals surface area contributed by atoms with Gasteiger partial charge in [-0.25, -0.2) is 4.98 Å². The highest BCUT2D eigenvalue weighted by Crippen LogP contribution is 2.35. The fraction of sp³-hybridized carbons (Fsp3) is 0.476. The Hall–Kier alpha value is -1.65. The van der Waals surface area contributed by atoms with Gasteiger partial charge in [0.05, 0.1) is 10.6 Å². The third-order valence-corrected chi connectivity index (χ3v) is 6.06. The van der Waals surface area contributed by atoms with Crippen molar-refractivity contribution in [3.05, 3.63) is 42.4 Å². The Bertz CT molecular complexity index is 833. The zero-order valence-electron chi connectivity index (χ0n) is 15.3. The molecular weight excluding hydrogens is 328 g/mol. The summed E-state index contributed by atoms with van der Waals surface area (Å²) in [6.07, 6.45) is 4.57. The molecule has 1 aliphatic heterocycles. The van der Waals surface area contributed by atoms with Crippen LogP contribution >= 0.6 is 11.3 Å². The highest BCUT2D eigenvalue weighted by molar-refractivity contribution is 7.22. The van der Waals surface area contributed by atoms with Crippen LogP contribution in [0.15, 0.2) is 36.5 Å². The van der Waals surface area contributed by atoms with E-state index in [-0.39, 0.29) is 5.41 Å². The molecule has 0 radical (unpaired) electrons. The summed E-state index contributed by atoms with van der Waals surface area (Å²) < 4.78 is 9.25. The summed E-state index contributed by atoms with van der Waals surface area (Å²) in [5, 5.41) is 1.30. The van der Waals surface area contributed by atoms with Crippen LogP contribution in [-0.2, 0) is 16.7 Å². The predicted molar refractivity (Wildman–Crippen MR) is 105 cm³/mol. The summed E-state index contributed by atoms with van der Waals surface area (Å²) in [6, 6.07) is 10.8. The van der Waals surface area contributed by atoms with Gasteiger partial charge in [-0.05, 0) is 36.3 Å². The Labute approximate surface area is 153 Å². The topological polar surface area (TPSA) is 27.1 Å². The van der Waals surface area contributed by atoms with Crippen LogP contribution in [0.25, 0.3) is 20.7 Å². The predicted octanol–water partition coefficient (Wildman–Crippen LogP) is 5.49. The fourth-order valence-corrected chi connectivity index (χ4v) is 4.60. The Morgan fingerprint density at radius 3 is 2.68 bits per heavy atom. The lowest BCUT2D eigenvalue weighted by atomic mass is 9.94. The molecule has 1 saturated heterocycles. The van der Waals surface area contributed by atoms with E-state index < -0.39 is 0 Å². The summed E-state index contributed by atoms with van der Waals surface area (Å²) >= 11 is 1.83. The zero-order valence-corrected chi connectivity index (χ0v) is 16.1. The monoisotopic (exact) mass is 354 g/mol. The van der Waals surface area contributed by atoms with Gasteiger partial charge in [-0.15, -0.1) is 11.3 Å².